The normalized spacial score (nSPS) is 9.50. The average molecular weight is 166 g/mol. The molecule has 0 aliphatic rings. The highest BCUT2D eigenvalue weighted by Gasteiger charge is 2.08. The number of aromatic nitrogens is 2. The first-order valence-electron chi connectivity index (χ1n) is 3.59. The third kappa shape index (κ3) is 1.57. The van der Waals surface area contributed by atoms with Crippen LogP contribution >= 0.6 is 0 Å². The van der Waals surface area contributed by atoms with Crippen molar-refractivity contribution in [1.82, 2.24) is 15.4 Å². The summed E-state index contributed by atoms with van der Waals surface area (Å²) in [4.78, 5) is 18.8. The van der Waals surface area contributed by atoms with Crippen LogP contribution in [0.5, 0.6) is 0 Å². The Bertz CT molecular complexity index is 286. The number of rotatable bonds is 2. The van der Waals surface area contributed by atoms with Gasteiger partial charge in [0.1, 0.15) is 6.33 Å². The van der Waals surface area contributed by atoms with Crippen LogP contribution in [0.2, 0.25) is 0 Å². The summed E-state index contributed by atoms with van der Waals surface area (Å²) in [6.45, 7) is 1.91. The van der Waals surface area contributed by atoms with E-state index < -0.39 is 0 Å². The van der Waals surface area contributed by atoms with Gasteiger partial charge in [0, 0.05) is 6.20 Å². The van der Waals surface area contributed by atoms with E-state index in [1.807, 2.05) is 12.3 Å². The Morgan fingerprint density at radius 1 is 1.75 bits per heavy atom. The minimum absolute atomic E-state index is 0.354. The molecule has 1 aromatic heterocycles. The monoisotopic (exact) mass is 166 g/mol. The molecule has 1 heterocycles. The molecular weight excluding hydrogens is 156 g/mol. The third-order valence-electron chi connectivity index (χ3n) is 1.51. The van der Waals surface area contributed by atoms with Gasteiger partial charge in [0.05, 0.1) is 11.3 Å². The molecule has 0 bridgehead atoms. The lowest BCUT2D eigenvalue weighted by atomic mass is 10.2. The van der Waals surface area contributed by atoms with Gasteiger partial charge in [-0.25, -0.2) is 15.8 Å². The Balaban J connectivity index is 3.04. The van der Waals surface area contributed by atoms with Crippen molar-refractivity contribution in [1.29, 1.82) is 0 Å². The van der Waals surface area contributed by atoms with Gasteiger partial charge in [0.25, 0.3) is 5.91 Å². The molecule has 0 atom stereocenters. The van der Waals surface area contributed by atoms with Crippen molar-refractivity contribution in [2.75, 3.05) is 0 Å². The van der Waals surface area contributed by atoms with Gasteiger partial charge < -0.3 is 0 Å². The van der Waals surface area contributed by atoms with Gasteiger partial charge in [-0.05, 0) is 6.42 Å². The lowest BCUT2D eigenvalue weighted by molar-refractivity contribution is 0.0952. The highest BCUT2D eigenvalue weighted by molar-refractivity contribution is 5.94. The molecule has 0 aliphatic carbocycles. The molecule has 5 nitrogen and oxygen atoms in total. The van der Waals surface area contributed by atoms with Crippen LogP contribution < -0.4 is 11.3 Å². The topological polar surface area (TPSA) is 80.9 Å². The zero-order chi connectivity index (χ0) is 8.97. The number of nitrogens with two attached hydrogens (primary N) is 1. The lowest BCUT2D eigenvalue weighted by Crippen LogP contribution is -2.31. The van der Waals surface area contributed by atoms with E-state index in [-0.39, 0.29) is 5.91 Å². The molecule has 5 heteroatoms. The SMILES string of the molecule is CCc1ncncc1C(=O)NN. The van der Waals surface area contributed by atoms with E-state index in [0.717, 1.165) is 0 Å². The maximum Gasteiger partial charge on any atom is 0.268 e. The van der Waals surface area contributed by atoms with Crippen molar-refractivity contribution < 1.29 is 4.79 Å². The van der Waals surface area contributed by atoms with E-state index in [2.05, 4.69) is 9.97 Å². The predicted octanol–water partition coefficient (Wildman–Crippen LogP) is -0.358. The molecule has 64 valence electrons. The largest absolute Gasteiger partial charge is 0.290 e. The highest BCUT2D eigenvalue weighted by Crippen LogP contribution is 2.02. The number of nitrogens with one attached hydrogen (secondary N) is 1. The Kier molecular flexibility index (Phi) is 2.71. The van der Waals surface area contributed by atoms with E-state index in [1.54, 1.807) is 0 Å². The molecule has 0 saturated carbocycles. The average Bonchev–Trinajstić information content (AvgIpc) is 2.16. The molecule has 0 spiro atoms. The van der Waals surface area contributed by atoms with Crippen LogP contribution in [0.25, 0.3) is 0 Å². The van der Waals surface area contributed by atoms with Gasteiger partial charge in [-0.1, -0.05) is 6.92 Å². The standard InChI is InChI=1S/C7H10N4O/c1-2-6-5(7(12)11-8)3-9-4-10-6/h3-4H,2,8H2,1H3,(H,11,12). The molecule has 0 fully saturated rings. The van der Waals surface area contributed by atoms with Gasteiger partial charge in [0.15, 0.2) is 0 Å². The summed E-state index contributed by atoms with van der Waals surface area (Å²) < 4.78 is 0. The summed E-state index contributed by atoms with van der Waals surface area (Å²) in [5.41, 5.74) is 3.17. The van der Waals surface area contributed by atoms with Crippen LogP contribution in [0.3, 0.4) is 0 Å². The second-order valence-corrected chi connectivity index (χ2v) is 2.21. The fraction of sp³-hybridized carbons (Fsp3) is 0.286. The third-order valence-corrected chi connectivity index (χ3v) is 1.51. The van der Waals surface area contributed by atoms with Crippen molar-refractivity contribution in [3.8, 4) is 0 Å². The van der Waals surface area contributed by atoms with Crippen molar-refractivity contribution in [3.63, 3.8) is 0 Å². The van der Waals surface area contributed by atoms with Gasteiger partial charge in [-0.2, -0.15) is 0 Å². The Labute approximate surface area is 70.0 Å². The zero-order valence-electron chi connectivity index (χ0n) is 6.74. The second-order valence-electron chi connectivity index (χ2n) is 2.21. The number of hydrazine groups is 1. The molecular formula is C7H10N4O. The smallest absolute Gasteiger partial charge is 0.268 e. The first kappa shape index (κ1) is 8.61. The molecule has 12 heavy (non-hydrogen) atoms. The summed E-state index contributed by atoms with van der Waals surface area (Å²) in [7, 11) is 0. The molecule has 0 aromatic carbocycles. The Hall–Kier alpha value is -1.49. The number of hydrogen-bond donors (Lipinski definition) is 2. The first-order chi connectivity index (χ1) is 5.79. The first-order valence-corrected chi connectivity index (χ1v) is 3.59. The Morgan fingerprint density at radius 2 is 2.50 bits per heavy atom. The van der Waals surface area contributed by atoms with E-state index >= 15 is 0 Å². The highest BCUT2D eigenvalue weighted by atomic mass is 16.2. The number of carbonyl (C=O) groups excluding carboxylic acids is 1. The van der Waals surface area contributed by atoms with Crippen molar-refractivity contribution >= 4 is 5.91 Å². The van der Waals surface area contributed by atoms with Crippen LogP contribution in [0.1, 0.15) is 23.0 Å². The maximum absolute atomic E-state index is 11.1. The summed E-state index contributed by atoms with van der Waals surface area (Å²) in [6.07, 6.45) is 3.55. The summed E-state index contributed by atoms with van der Waals surface area (Å²) in [6, 6.07) is 0. The zero-order valence-corrected chi connectivity index (χ0v) is 6.74. The van der Waals surface area contributed by atoms with E-state index in [1.165, 1.54) is 12.5 Å². The second kappa shape index (κ2) is 3.77. The summed E-state index contributed by atoms with van der Waals surface area (Å²) in [5.74, 6) is 4.62. The summed E-state index contributed by atoms with van der Waals surface area (Å²) in [5, 5.41) is 0. The van der Waals surface area contributed by atoms with Crippen LogP contribution in [-0.2, 0) is 6.42 Å². The molecule has 1 aromatic rings. The quantitative estimate of drug-likeness (QED) is 0.357. The molecule has 1 amide bonds. The van der Waals surface area contributed by atoms with Crippen molar-refractivity contribution in [2.45, 2.75) is 13.3 Å². The number of nitrogen functional groups attached to an aromatic ring is 1. The minimum atomic E-state index is -0.354. The number of amides is 1. The maximum atomic E-state index is 11.1. The van der Waals surface area contributed by atoms with Crippen molar-refractivity contribution in [3.05, 3.63) is 23.8 Å². The molecule has 3 N–H and O–H groups in total. The number of nitrogens with zero attached hydrogens (tertiary/aromatic N) is 2. The molecule has 0 unspecified atom stereocenters. The fourth-order valence-corrected chi connectivity index (χ4v) is 0.904. The predicted molar refractivity (Wildman–Crippen MR) is 43.1 cm³/mol. The van der Waals surface area contributed by atoms with Gasteiger partial charge >= 0.3 is 0 Å². The fourth-order valence-electron chi connectivity index (χ4n) is 0.904. The van der Waals surface area contributed by atoms with Crippen LogP contribution in [0.4, 0.5) is 0 Å². The molecule has 0 radical (unpaired) electrons. The van der Waals surface area contributed by atoms with Gasteiger partial charge in [0.2, 0.25) is 0 Å². The van der Waals surface area contributed by atoms with E-state index in [0.29, 0.717) is 17.7 Å². The Morgan fingerprint density at radius 3 is 3.08 bits per heavy atom. The molecule has 1 rings (SSSR count). The van der Waals surface area contributed by atoms with E-state index in [4.69, 9.17) is 5.84 Å². The molecule has 0 saturated heterocycles. The minimum Gasteiger partial charge on any atom is -0.290 e. The van der Waals surface area contributed by atoms with Crippen LogP contribution in [-0.4, -0.2) is 15.9 Å². The van der Waals surface area contributed by atoms with Crippen LogP contribution in [0.15, 0.2) is 12.5 Å². The van der Waals surface area contributed by atoms with E-state index in [9.17, 15) is 4.79 Å². The summed E-state index contributed by atoms with van der Waals surface area (Å²) >= 11 is 0. The van der Waals surface area contributed by atoms with Crippen molar-refractivity contribution in [2.24, 2.45) is 5.84 Å². The van der Waals surface area contributed by atoms with Gasteiger partial charge in [-0.15, -0.1) is 0 Å². The molecule has 0 aliphatic heterocycles. The number of aryl methyl sites for hydroxylation is 1. The number of hydrogen-bond acceptors (Lipinski definition) is 4. The lowest BCUT2D eigenvalue weighted by Gasteiger charge is -2.02. The van der Waals surface area contributed by atoms with Crippen LogP contribution in [0, 0.1) is 0 Å². The number of carbonyl (C=O) groups is 1. The van der Waals surface area contributed by atoms with Gasteiger partial charge in [-0.3, -0.25) is 10.2 Å².